The van der Waals surface area contributed by atoms with Crippen molar-refractivity contribution in [2.75, 3.05) is 5.32 Å². The van der Waals surface area contributed by atoms with Gasteiger partial charge < -0.3 is 10.4 Å². The number of phenols is 1. The summed E-state index contributed by atoms with van der Waals surface area (Å²) in [6.07, 6.45) is 0. The summed E-state index contributed by atoms with van der Waals surface area (Å²) in [6.45, 7) is 1.73. The number of hydrogen-bond donors (Lipinski definition) is 2. The summed E-state index contributed by atoms with van der Waals surface area (Å²) in [6, 6.07) is 8.92. The molecule has 2 N–H and O–H groups in total. The molecule has 0 radical (unpaired) electrons. The number of aryl methyl sites for hydroxylation is 1. The highest BCUT2D eigenvalue weighted by atomic mass is 79.9. The van der Waals surface area contributed by atoms with Crippen molar-refractivity contribution >= 4 is 33.2 Å². The Morgan fingerprint density at radius 3 is 2.67 bits per heavy atom. The predicted octanol–water partition coefficient (Wildman–Crippen LogP) is 3.62. The number of halogens is 1. The molecule has 0 atom stereocenters. The molecule has 0 aliphatic heterocycles. The highest BCUT2D eigenvalue weighted by Crippen LogP contribution is 2.29. The van der Waals surface area contributed by atoms with Crippen LogP contribution in [0.15, 0.2) is 40.9 Å². The lowest BCUT2D eigenvalue weighted by atomic mass is 10.1. The van der Waals surface area contributed by atoms with Gasteiger partial charge in [-0.15, -0.1) is 0 Å². The molecule has 0 aliphatic carbocycles. The van der Waals surface area contributed by atoms with Crippen LogP contribution in [0.25, 0.3) is 0 Å². The van der Waals surface area contributed by atoms with Crippen molar-refractivity contribution in [3.05, 3.63) is 62.1 Å². The number of carbonyl (C=O) groups excluding carboxylic acids is 1. The average Bonchev–Trinajstić information content (AvgIpc) is 2.42. The maximum absolute atomic E-state index is 12.2. The Bertz CT molecular complexity index is 731. The number of nitro groups is 1. The van der Waals surface area contributed by atoms with Gasteiger partial charge in [0.1, 0.15) is 10.2 Å². The fraction of sp³-hybridized carbons (Fsp3) is 0.0714. The Kier molecular flexibility index (Phi) is 4.23. The van der Waals surface area contributed by atoms with E-state index in [0.717, 1.165) is 0 Å². The number of nitrogens with one attached hydrogen (secondary N) is 1. The van der Waals surface area contributed by atoms with E-state index in [1.807, 2.05) is 0 Å². The first-order valence-electron chi connectivity index (χ1n) is 5.94. The quantitative estimate of drug-likeness (QED) is 0.652. The number of nitro benzene ring substituents is 1. The second-order valence-electron chi connectivity index (χ2n) is 4.35. The molecule has 2 aromatic carbocycles. The number of phenolic OH excluding ortho intramolecular Hbond substituents is 1. The minimum atomic E-state index is -0.571. The maximum Gasteiger partial charge on any atom is 0.284 e. The summed E-state index contributed by atoms with van der Waals surface area (Å²) < 4.78 is 0.115. The van der Waals surface area contributed by atoms with Crippen LogP contribution in [0.2, 0.25) is 0 Å². The van der Waals surface area contributed by atoms with E-state index in [1.54, 1.807) is 19.1 Å². The molecule has 0 fully saturated rings. The molecule has 0 bridgehead atoms. The van der Waals surface area contributed by atoms with Gasteiger partial charge in [-0.3, -0.25) is 14.9 Å². The van der Waals surface area contributed by atoms with Gasteiger partial charge in [0, 0.05) is 17.8 Å². The van der Waals surface area contributed by atoms with Crippen molar-refractivity contribution < 1.29 is 14.8 Å². The summed E-state index contributed by atoms with van der Waals surface area (Å²) in [5.74, 6) is -0.445. The Labute approximate surface area is 128 Å². The number of aromatic hydroxyl groups is 1. The average molecular weight is 351 g/mol. The molecule has 21 heavy (non-hydrogen) atoms. The van der Waals surface area contributed by atoms with Crippen LogP contribution in [-0.4, -0.2) is 15.9 Å². The number of hydrogen-bond acceptors (Lipinski definition) is 4. The van der Waals surface area contributed by atoms with Crippen LogP contribution in [0.1, 0.15) is 15.9 Å². The third kappa shape index (κ3) is 3.19. The van der Waals surface area contributed by atoms with Crippen molar-refractivity contribution in [2.45, 2.75) is 6.92 Å². The van der Waals surface area contributed by atoms with Gasteiger partial charge in [-0.25, -0.2) is 0 Å². The topological polar surface area (TPSA) is 92.5 Å². The van der Waals surface area contributed by atoms with Gasteiger partial charge in [0.2, 0.25) is 0 Å². The molecular formula is C14H11BrN2O4. The minimum absolute atomic E-state index is 0.0610. The monoisotopic (exact) mass is 350 g/mol. The van der Waals surface area contributed by atoms with Gasteiger partial charge in [-0.05, 0) is 40.5 Å². The zero-order valence-corrected chi connectivity index (χ0v) is 12.5. The molecule has 0 spiro atoms. The summed E-state index contributed by atoms with van der Waals surface area (Å²) >= 11 is 3.07. The van der Waals surface area contributed by atoms with Crippen molar-refractivity contribution in [3.8, 4) is 5.75 Å². The molecule has 7 heteroatoms. The number of carbonyl (C=O) groups is 1. The highest BCUT2D eigenvalue weighted by Gasteiger charge is 2.19. The standard InChI is InChI=1S/C14H11BrN2O4/c1-8-5-6-9(7-12(8)18)16-14(19)10-3-2-4-11(13(10)15)17(20)21/h2-7,18H,1H3,(H,16,19). The van der Waals surface area contributed by atoms with E-state index in [4.69, 9.17) is 0 Å². The van der Waals surface area contributed by atoms with E-state index in [0.29, 0.717) is 11.3 Å². The van der Waals surface area contributed by atoms with Crippen LogP contribution < -0.4 is 5.32 Å². The fourth-order valence-electron chi connectivity index (χ4n) is 1.72. The summed E-state index contributed by atoms with van der Waals surface area (Å²) in [4.78, 5) is 22.4. The van der Waals surface area contributed by atoms with E-state index < -0.39 is 10.8 Å². The molecule has 0 unspecified atom stereocenters. The van der Waals surface area contributed by atoms with E-state index in [-0.39, 0.29) is 21.5 Å². The van der Waals surface area contributed by atoms with Crippen molar-refractivity contribution in [3.63, 3.8) is 0 Å². The Morgan fingerprint density at radius 1 is 1.33 bits per heavy atom. The molecule has 0 aliphatic rings. The van der Waals surface area contributed by atoms with E-state index in [1.165, 1.54) is 24.3 Å². The number of benzene rings is 2. The lowest BCUT2D eigenvalue weighted by Crippen LogP contribution is -2.13. The second-order valence-corrected chi connectivity index (χ2v) is 5.14. The van der Waals surface area contributed by atoms with Gasteiger partial charge in [0.15, 0.2) is 0 Å². The number of anilines is 1. The Morgan fingerprint density at radius 2 is 2.05 bits per heavy atom. The third-order valence-electron chi connectivity index (χ3n) is 2.89. The van der Waals surface area contributed by atoms with Crippen LogP contribution in [0, 0.1) is 17.0 Å². The van der Waals surface area contributed by atoms with Gasteiger partial charge in [0.25, 0.3) is 11.6 Å². The normalized spacial score (nSPS) is 10.2. The van der Waals surface area contributed by atoms with Crippen LogP contribution >= 0.6 is 15.9 Å². The highest BCUT2D eigenvalue weighted by molar-refractivity contribution is 9.10. The van der Waals surface area contributed by atoms with Crippen LogP contribution in [0.4, 0.5) is 11.4 Å². The van der Waals surface area contributed by atoms with Crippen LogP contribution in [-0.2, 0) is 0 Å². The first-order valence-corrected chi connectivity index (χ1v) is 6.73. The summed E-state index contributed by atoms with van der Waals surface area (Å²) in [5.41, 5.74) is 1.05. The van der Waals surface area contributed by atoms with Gasteiger partial charge in [0.05, 0.1) is 10.5 Å². The third-order valence-corrected chi connectivity index (χ3v) is 3.72. The molecule has 6 nitrogen and oxygen atoms in total. The second kappa shape index (κ2) is 5.92. The Hall–Kier alpha value is -2.41. The predicted molar refractivity (Wildman–Crippen MR) is 81.6 cm³/mol. The first kappa shape index (κ1) is 15.0. The van der Waals surface area contributed by atoms with E-state index in [9.17, 15) is 20.0 Å². The molecule has 0 aromatic heterocycles. The minimum Gasteiger partial charge on any atom is -0.508 e. The van der Waals surface area contributed by atoms with Crippen molar-refractivity contribution in [1.29, 1.82) is 0 Å². The van der Waals surface area contributed by atoms with Gasteiger partial charge in [-0.1, -0.05) is 12.1 Å². The molecule has 2 rings (SSSR count). The lowest BCUT2D eigenvalue weighted by molar-refractivity contribution is -0.385. The smallest absolute Gasteiger partial charge is 0.284 e. The SMILES string of the molecule is Cc1ccc(NC(=O)c2cccc([N+](=O)[O-])c2Br)cc1O. The zero-order chi connectivity index (χ0) is 15.6. The van der Waals surface area contributed by atoms with Gasteiger partial charge >= 0.3 is 0 Å². The lowest BCUT2D eigenvalue weighted by Gasteiger charge is -2.08. The first-order chi connectivity index (χ1) is 9.90. The van der Waals surface area contributed by atoms with E-state index >= 15 is 0 Å². The molecule has 2 aromatic rings. The number of nitrogens with zero attached hydrogens (tertiary/aromatic N) is 1. The fourth-order valence-corrected chi connectivity index (χ4v) is 2.31. The summed E-state index contributed by atoms with van der Waals surface area (Å²) in [7, 11) is 0. The maximum atomic E-state index is 12.2. The molecule has 0 saturated heterocycles. The van der Waals surface area contributed by atoms with Crippen molar-refractivity contribution in [2.24, 2.45) is 0 Å². The molecule has 1 amide bonds. The summed E-state index contributed by atoms with van der Waals surface area (Å²) in [5, 5.41) is 23.0. The Balaban J connectivity index is 2.30. The molecule has 0 heterocycles. The molecular weight excluding hydrogens is 340 g/mol. The zero-order valence-electron chi connectivity index (χ0n) is 11.0. The van der Waals surface area contributed by atoms with Crippen LogP contribution in [0.3, 0.4) is 0 Å². The molecule has 0 saturated carbocycles. The largest absolute Gasteiger partial charge is 0.508 e. The van der Waals surface area contributed by atoms with Gasteiger partial charge in [-0.2, -0.15) is 0 Å². The molecule has 108 valence electrons. The number of amides is 1. The van der Waals surface area contributed by atoms with E-state index in [2.05, 4.69) is 21.2 Å². The van der Waals surface area contributed by atoms with Crippen LogP contribution in [0.5, 0.6) is 5.75 Å². The number of rotatable bonds is 3. The van der Waals surface area contributed by atoms with Crippen molar-refractivity contribution in [1.82, 2.24) is 0 Å².